The lowest BCUT2D eigenvalue weighted by Crippen LogP contribution is -2.08. The minimum absolute atomic E-state index is 0.0571. The molecular weight excluding hydrogens is 222 g/mol. The van der Waals surface area contributed by atoms with Crippen molar-refractivity contribution in [3.05, 3.63) is 33.9 Å². The zero-order valence-electron chi connectivity index (χ0n) is 9.19. The van der Waals surface area contributed by atoms with E-state index in [0.29, 0.717) is 11.3 Å². The van der Waals surface area contributed by atoms with Crippen molar-refractivity contribution in [3.63, 3.8) is 0 Å². The SMILES string of the molecule is CNc1ccc(C#CCC(N)=O)cc1[N+](=O)[O-]. The Morgan fingerprint density at radius 3 is 2.82 bits per heavy atom. The number of primary amides is 1. The van der Waals surface area contributed by atoms with Crippen LogP contribution in [0, 0.1) is 22.0 Å². The van der Waals surface area contributed by atoms with Crippen LogP contribution < -0.4 is 11.1 Å². The molecule has 1 rings (SSSR count). The monoisotopic (exact) mass is 233 g/mol. The number of carbonyl (C=O) groups excluding carboxylic acids is 1. The van der Waals surface area contributed by atoms with Crippen LogP contribution in [0.2, 0.25) is 0 Å². The van der Waals surface area contributed by atoms with Gasteiger partial charge in [-0.05, 0) is 12.1 Å². The summed E-state index contributed by atoms with van der Waals surface area (Å²) in [6.07, 6.45) is -0.0679. The number of nitro benzene ring substituents is 1. The molecule has 1 amide bonds. The molecule has 0 unspecified atom stereocenters. The van der Waals surface area contributed by atoms with E-state index in [9.17, 15) is 14.9 Å². The third kappa shape index (κ3) is 3.50. The second-order valence-electron chi connectivity index (χ2n) is 3.18. The molecular formula is C11H11N3O3. The molecule has 6 nitrogen and oxygen atoms in total. The van der Waals surface area contributed by atoms with Crippen molar-refractivity contribution in [2.75, 3.05) is 12.4 Å². The maximum absolute atomic E-state index is 10.8. The molecule has 3 N–H and O–H groups in total. The Bertz CT molecular complexity index is 514. The zero-order chi connectivity index (χ0) is 12.8. The molecule has 0 radical (unpaired) electrons. The fraction of sp³-hybridized carbons (Fsp3) is 0.182. The summed E-state index contributed by atoms with van der Waals surface area (Å²) in [4.78, 5) is 20.7. The molecule has 1 aromatic rings. The Hall–Kier alpha value is -2.55. The minimum atomic E-state index is -0.529. The van der Waals surface area contributed by atoms with Crippen LogP contribution in [-0.2, 0) is 4.79 Å². The van der Waals surface area contributed by atoms with Crippen LogP contribution >= 0.6 is 0 Å². The zero-order valence-corrected chi connectivity index (χ0v) is 9.19. The Morgan fingerprint density at radius 1 is 1.59 bits per heavy atom. The average molecular weight is 233 g/mol. The number of benzene rings is 1. The Balaban J connectivity index is 3.03. The quantitative estimate of drug-likeness (QED) is 0.459. The molecule has 0 saturated heterocycles. The topological polar surface area (TPSA) is 98.3 Å². The van der Waals surface area contributed by atoms with Crippen LogP contribution in [0.5, 0.6) is 0 Å². The van der Waals surface area contributed by atoms with E-state index in [1.54, 1.807) is 19.2 Å². The van der Waals surface area contributed by atoms with E-state index in [1.165, 1.54) is 6.07 Å². The van der Waals surface area contributed by atoms with Gasteiger partial charge in [0.25, 0.3) is 5.69 Å². The number of hydrogen-bond donors (Lipinski definition) is 2. The highest BCUT2D eigenvalue weighted by Crippen LogP contribution is 2.24. The van der Waals surface area contributed by atoms with Gasteiger partial charge in [-0.25, -0.2) is 0 Å². The maximum atomic E-state index is 10.8. The molecule has 0 heterocycles. The Kier molecular flexibility index (Phi) is 4.06. The van der Waals surface area contributed by atoms with Crippen molar-refractivity contribution in [2.45, 2.75) is 6.42 Å². The van der Waals surface area contributed by atoms with Gasteiger partial charge in [-0.15, -0.1) is 0 Å². The van der Waals surface area contributed by atoms with Gasteiger partial charge in [-0.2, -0.15) is 0 Å². The lowest BCUT2D eigenvalue weighted by atomic mass is 10.1. The largest absolute Gasteiger partial charge is 0.383 e. The maximum Gasteiger partial charge on any atom is 0.293 e. The Labute approximate surface area is 98.0 Å². The summed E-state index contributed by atoms with van der Waals surface area (Å²) in [5, 5.41) is 13.5. The van der Waals surface area contributed by atoms with Crippen molar-refractivity contribution in [2.24, 2.45) is 5.73 Å². The van der Waals surface area contributed by atoms with Gasteiger partial charge in [0.1, 0.15) is 5.69 Å². The van der Waals surface area contributed by atoms with E-state index >= 15 is 0 Å². The van der Waals surface area contributed by atoms with Crippen LogP contribution in [0.25, 0.3) is 0 Å². The number of amides is 1. The summed E-state index contributed by atoms with van der Waals surface area (Å²) < 4.78 is 0. The predicted octanol–water partition coefficient (Wildman–Crippen LogP) is 0.863. The molecule has 0 fully saturated rings. The van der Waals surface area contributed by atoms with Gasteiger partial charge in [-0.1, -0.05) is 11.8 Å². The Morgan fingerprint density at radius 2 is 2.29 bits per heavy atom. The number of nitrogens with one attached hydrogen (secondary N) is 1. The molecule has 6 heteroatoms. The second-order valence-corrected chi connectivity index (χ2v) is 3.18. The average Bonchev–Trinajstić information content (AvgIpc) is 2.28. The van der Waals surface area contributed by atoms with Crippen LogP contribution in [0.4, 0.5) is 11.4 Å². The predicted molar refractivity (Wildman–Crippen MR) is 63.3 cm³/mol. The number of anilines is 1. The summed E-state index contributed by atoms with van der Waals surface area (Å²) >= 11 is 0. The van der Waals surface area contributed by atoms with E-state index in [0.717, 1.165) is 0 Å². The third-order valence-corrected chi connectivity index (χ3v) is 1.96. The van der Waals surface area contributed by atoms with Gasteiger partial charge < -0.3 is 11.1 Å². The lowest BCUT2D eigenvalue weighted by Gasteiger charge is -2.01. The first-order valence-corrected chi connectivity index (χ1v) is 4.78. The van der Waals surface area contributed by atoms with Crippen molar-refractivity contribution in [3.8, 4) is 11.8 Å². The van der Waals surface area contributed by atoms with Crippen molar-refractivity contribution < 1.29 is 9.72 Å². The van der Waals surface area contributed by atoms with E-state index in [-0.39, 0.29) is 12.1 Å². The fourth-order valence-electron chi connectivity index (χ4n) is 1.21. The number of nitrogens with zero attached hydrogens (tertiary/aromatic N) is 1. The van der Waals surface area contributed by atoms with Crippen LogP contribution in [0.1, 0.15) is 12.0 Å². The normalized spacial score (nSPS) is 9.00. The van der Waals surface area contributed by atoms with E-state index < -0.39 is 10.8 Å². The van der Waals surface area contributed by atoms with Gasteiger partial charge in [0.05, 0.1) is 11.3 Å². The molecule has 0 aliphatic carbocycles. The minimum Gasteiger partial charge on any atom is -0.383 e. The number of nitro groups is 1. The molecule has 0 bridgehead atoms. The van der Waals surface area contributed by atoms with Gasteiger partial charge >= 0.3 is 0 Å². The van der Waals surface area contributed by atoms with Gasteiger partial charge in [-0.3, -0.25) is 14.9 Å². The molecule has 88 valence electrons. The van der Waals surface area contributed by atoms with E-state index in [4.69, 9.17) is 5.73 Å². The third-order valence-electron chi connectivity index (χ3n) is 1.96. The van der Waals surface area contributed by atoms with Gasteiger partial charge in [0.2, 0.25) is 5.91 Å². The molecule has 0 aliphatic heterocycles. The highest BCUT2D eigenvalue weighted by Gasteiger charge is 2.12. The molecule has 0 atom stereocenters. The second kappa shape index (κ2) is 5.51. The lowest BCUT2D eigenvalue weighted by molar-refractivity contribution is -0.384. The first-order valence-electron chi connectivity index (χ1n) is 4.78. The summed E-state index contributed by atoms with van der Waals surface area (Å²) in [5.74, 6) is 4.65. The van der Waals surface area contributed by atoms with Crippen LogP contribution in [0.15, 0.2) is 18.2 Å². The van der Waals surface area contributed by atoms with Crippen LogP contribution in [-0.4, -0.2) is 17.9 Å². The standard InChI is InChI=1S/C11H11N3O3/c1-13-9-6-5-8(3-2-4-11(12)15)7-10(9)14(16)17/h5-7,13H,4H2,1H3,(H2,12,15). The smallest absolute Gasteiger partial charge is 0.293 e. The van der Waals surface area contributed by atoms with Gasteiger partial charge in [0.15, 0.2) is 0 Å². The highest BCUT2D eigenvalue weighted by atomic mass is 16.6. The van der Waals surface area contributed by atoms with E-state index in [1.807, 2.05) is 0 Å². The highest BCUT2D eigenvalue weighted by molar-refractivity contribution is 5.76. The number of hydrogen-bond acceptors (Lipinski definition) is 4. The first kappa shape index (κ1) is 12.5. The molecule has 1 aromatic carbocycles. The summed E-state index contributed by atoms with van der Waals surface area (Å²) in [5.41, 5.74) is 5.75. The van der Waals surface area contributed by atoms with Gasteiger partial charge in [0, 0.05) is 18.7 Å². The summed E-state index contributed by atoms with van der Waals surface area (Å²) in [7, 11) is 1.60. The van der Waals surface area contributed by atoms with E-state index in [2.05, 4.69) is 17.2 Å². The molecule has 0 aliphatic rings. The first-order chi connectivity index (χ1) is 8.04. The number of rotatable bonds is 3. The summed E-state index contributed by atoms with van der Waals surface area (Å²) in [6, 6.07) is 4.54. The molecule has 0 spiro atoms. The number of nitrogens with two attached hydrogens (primary N) is 1. The fourth-order valence-corrected chi connectivity index (χ4v) is 1.21. The van der Waals surface area contributed by atoms with Crippen molar-refractivity contribution in [1.29, 1.82) is 0 Å². The summed E-state index contributed by atoms with van der Waals surface area (Å²) in [6.45, 7) is 0. The molecule has 17 heavy (non-hydrogen) atoms. The number of carbonyl (C=O) groups is 1. The molecule has 0 aromatic heterocycles. The molecule has 0 saturated carbocycles. The van der Waals surface area contributed by atoms with Crippen molar-refractivity contribution in [1.82, 2.24) is 0 Å². The van der Waals surface area contributed by atoms with Crippen molar-refractivity contribution >= 4 is 17.3 Å². The van der Waals surface area contributed by atoms with Crippen LogP contribution in [0.3, 0.4) is 0 Å².